The van der Waals surface area contributed by atoms with E-state index in [-0.39, 0.29) is 12.4 Å². The lowest BCUT2D eigenvalue weighted by molar-refractivity contribution is -0.142. The maximum atomic E-state index is 12.9. The molecular formula is C16H24FNO4. The minimum atomic E-state index is -1.20. The maximum absolute atomic E-state index is 12.9. The largest absolute Gasteiger partial charge is 0.393 e. The number of rotatable bonds is 5. The van der Waals surface area contributed by atoms with E-state index in [1.165, 1.54) is 12.1 Å². The molecule has 5 atom stereocenters. The Labute approximate surface area is 129 Å². The van der Waals surface area contributed by atoms with E-state index in [9.17, 15) is 24.8 Å². The van der Waals surface area contributed by atoms with E-state index < -0.39 is 30.5 Å². The molecule has 0 spiro atoms. The van der Waals surface area contributed by atoms with Gasteiger partial charge in [-0.05, 0) is 37.5 Å². The van der Waals surface area contributed by atoms with Crippen molar-refractivity contribution in [3.05, 3.63) is 35.6 Å². The standard InChI is InChI=1S/C16H24FNO4/c1-10(19)8-13-15(21)16(22)14(20)9-18(13)7-6-11-2-4-12(17)5-3-11/h2-5,10,13-16,19-22H,6-9H2,1H3/t10?,13-,14-,15+,16-/m1/s1. The van der Waals surface area contributed by atoms with Gasteiger partial charge in [0.05, 0.1) is 18.3 Å². The van der Waals surface area contributed by atoms with Gasteiger partial charge in [0.15, 0.2) is 0 Å². The third-order valence-electron chi connectivity index (χ3n) is 4.21. The topological polar surface area (TPSA) is 84.2 Å². The fourth-order valence-electron chi connectivity index (χ4n) is 2.97. The second kappa shape index (κ2) is 7.48. The Morgan fingerprint density at radius 2 is 1.82 bits per heavy atom. The van der Waals surface area contributed by atoms with Gasteiger partial charge in [-0.1, -0.05) is 12.1 Å². The van der Waals surface area contributed by atoms with Crippen molar-refractivity contribution in [1.82, 2.24) is 4.90 Å². The van der Waals surface area contributed by atoms with Crippen LogP contribution in [0.1, 0.15) is 18.9 Å². The maximum Gasteiger partial charge on any atom is 0.123 e. The summed E-state index contributed by atoms with van der Waals surface area (Å²) in [6, 6.07) is 5.77. The summed E-state index contributed by atoms with van der Waals surface area (Å²) in [4.78, 5) is 1.87. The summed E-state index contributed by atoms with van der Waals surface area (Å²) in [5, 5.41) is 39.4. The molecule has 1 fully saturated rings. The Hall–Kier alpha value is -1.05. The number of aliphatic hydroxyl groups is 4. The SMILES string of the molecule is CC(O)C[C@@H]1[C@H](O)[C@H](O)[C@H](O)CN1CCc1ccc(F)cc1. The minimum absolute atomic E-state index is 0.233. The van der Waals surface area contributed by atoms with Gasteiger partial charge in [0.2, 0.25) is 0 Å². The molecule has 1 aliphatic heterocycles. The Morgan fingerprint density at radius 3 is 2.41 bits per heavy atom. The van der Waals surface area contributed by atoms with Crippen LogP contribution in [0.2, 0.25) is 0 Å². The van der Waals surface area contributed by atoms with E-state index in [1.54, 1.807) is 19.1 Å². The highest BCUT2D eigenvalue weighted by atomic mass is 19.1. The van der Waals surface area contributed by atoms with Crippen LogP contribution in [0.4, 0.5) is 4.39 Å². The number of hydrogen-bond acceptors (Lipinski definition) is 5. The van der Waals surface area contributed by atoms with Gasteiger partial charge in [0.1, 0.15) is 11.9 Å². The Kier molecular flexibility index (Phi) is 5.88. The summed E-state index contributed by atoms with van der Waals surface area (Å²) in [7, 11) is 0. The molecule has 6 heteroatoms. The summed E-state index contributed by atoms with van der Waals surface area (Å²) >= 11 is 0. The Bertz CT molecular complexity index is 468. The molecule has 4 N–H and O–H groups in total. The van der Waals surface area contributed by atoms with Crippen molar-refractivity contribution in [3.8, 4) is 0 Å². The van der Waals surface area contributed by atoms with Crippen LogP contribution >= 0.6 is 0 Å². The lowest BCUT2D eigenvalue weighted by atomic mass is 9.90. The summed E-state index contributed by atoms with van der Waals surface area (Å²) in [6.45, 7) is 2.41. The molecule has 124 valence electrons. The minimum Gasteiger partial charge on any atom is -0.393 e. The fourth-order valence-corrected chi connectivity index (χ4v) is 2.97. The van der Waals surface area contributed by atoms with E-state index >= 15 is 0 Å². The zero-order valence-electron chi connectivity index (χ0n) is 12.6. The molecule has 1 aromatic carbocycles. The second-order valence-electron chi connectivity index (χ2n) is 6.07. The molecule has 0 bridgehead atoms. The highest BCUT2D eigenvalue weighted by Crippen LogP contribution is 2.23. The molecule has 0 aliphatic carbocycles. The van der Waals surface area contributed by atoms with Gasteiger partial charge >= 0.3 is 0 Å². The monoisotopic (exact) mass is 313 g/mol. The molecule has 5 nitrogen and oxygen atoms in total. The summed E-state index contributed by atoms with van der Waals surface area (Å²) in [6.07, 6.45) is -3.00. The first-order valence-electron chi connectivity index (χ1n) is 7.59. The summed E-state index contributed by atoms with van der Waals surface area (Å²) in [5.41, 5.74) is 0.951. The summed E-state index contributed by atoms with van der Waals surface area (Å²) in [5.74, 6) is -0.289. The Balaban J connectivity index is 2.03. The third kappa shape index (κ3) is 4.24. The first-order chi connectivity index (χ1) is 10.4. The number of nitrogens with zero attached hydrogens (tertiary/aromatic N) is 1. The molecular weight excluding hydrogens is 289 g/mol. The highest BCUT2D eigenvalue weighted by Gasteiger charge is 2.41. The highest BCUT2D eigenvalue weighted by molar-refractivity contribution is 5.16. The van der Waals surface area contributed by atoms with E-state index in [4.69, 9.17) is 0 Å². The van der Waals surface area contributed by atoms with Gasteiger partial charge in [-0.2, -0.15) is 0 Å². The van der Waals surface area contributed by atoms with Gasteiger partial charge in [-0.25, -0.2) is 4.39 Å². The molecule has 1 saturated heterocycles. The molecule has 1 aliphatic rings. The molecule has 1 unspecified atom stereocenters. The predicted molar refractivity (Wildman–Crippen MR) is 79.8 cm³/mol. The molecule has 0 aromatic heterocycles. The average molecular weight is 313 g/mol. The van der Waals surface area contributed by atoms with Crippen LogP contribution in [0.25, 0.3) is 0 Å². The number of halogens is 1. The van der Waals surface area contributed by atoms with E-state index in [0.29, 0.717) is 19.4 Å². The van der Waals surface area contributed by atoms with Crippen molar-refractivity contribution in [2.45, 2.75) is 50.2 Å². The number of piperidine rings is 1. The van der Waals surface area contributed by atoms with Crippen LogP contribution in [0.5, 0.6) is 0 Å². The lowest BCUT2D eigenvalue weighted by Crippen LogP contribution is -2.62. The number of benzene rings is 1. The molecule has 1 aromatic rings. The van der Waals surface area contributed by atoms with Crippen molar-refractivity contribution in [3.63, 3.8) is 0 Å². The van der Waals surface area contributed by atoms with Crippen molar-refractivity contribution in [2.24, 2.45) is 0 Å². The van der Waals surface area contributed by atoms with E-state index in [1.807, 2.05) is 4.90 Å². The predicted octanol–water partition coefficient (Wildman–Crippen LogP) is -0.0940. The van der Waals surface area contributed by atoms with E-state index in [2.05, 4.69) is 0 Å². The average Bonchev–Trinajstić information content (AvgIpc) is 2.47. The summed E-state index contributed by atoms with van der Waals surface area (Å²) < 4.78 is 12.9. The normalized spacial score (nSPS) is 31.2. The van der Waals surface area contributed by atoms with Crippen molar-refractivity contribution in [2.75, 3.05) is 13.1 Å². The fraction of sp³-hybridized carbons (Fsp3) is 0.625. The van der Waals surface area contributed by atoms with Gasteiger partial charge < -0.3 is 20.4 Å². The third-order valence-corrected chi connectivity index (χ3v) is 4.21. The number of likely N-dealkylation sites (tertiary alicyclic amines) is 1. The zero-order valence-corrected chi connectivity index (χ0v) is 12.6. The quantitative estimate of drug-likeness (QED) is 0.610. The molecule has 2 rings (SSSR count). The second-order valence-corrected chi connectivity index (χ2v) is 6.07. The van der Waals surface area contributed by atoms with E-state index in [0.717, 1.165) is 5.56 Å². The lowest BCUT2D eigenvalue weighted by Gasteiger charge is -2.44. The smallest absolute Gasteiger partial charge is 0.123 e. The van der Waals surface area contributed by atoms with Crippen LogP contribution in [-0.4, -0.2) is 68.9 Å². The number of β-amino-alcohol motifs (C(OH)–C–C–N with tert-alkyl or cyclic N) is 1. The molecule has 0 saturated carbocycles. The molecule has 0 amide bonds. The van der Waals surface area contributed by atoms with Crippen LogP contribution < -0.4 is 0 Å². The van der Waals surface area contributed by atoms with Crippen LogP contribution in [-0.2, 0) is 6.42 Å². The van der Waals surface area contributed by atoms with Gasteiger partial charge in [0, 0.05) is 19.1 Å². The van der Waals surface area contributed by atoms with Crippen molar-refractivity contribution in [1.29, 1.82) is 0 Å². The molecule has 0 radical (unpaired) electrons. The first kappa shape index (κ1) is 17.3. The van der Waals surface area contributed by atoms with Crippen LogP contribution in [0.3, 0.4) is 0 Å². The molecule has 1 heterocycles. The van der Waals surface area contributed by atoms with Crippen molar-refractivity contribution < 1.29 is 24.8 Å². The van der Waals surface area contributed by atoms with Crippen molar-refractivity contribution >= 4 is 0 Å². The van der Waals surface area contributed by atoms with Crippen LogP contribution in [0.15, 0.2) is 24.3 Å². The van der Waals surface area contributed by atoms with Gasteiger partial charge in [0.25, 0.3) is 0 Å². The van der Waals surface area contributed by atoms with Gasteiger partial charge in [-0.3, -0.25) is 4.90 Å². The number of aliphatic hydroxyl groups excluding tert-OH is 4. The Morgan fingerprint density at radius 1 is 1.18 bits per heavy atom. The first-order valence-corrected chi connectivity index (χ1v) is 7.59. The number of hydrogen-bond donors (Lipinski definition) is 4. The van der Waals surface area contributed by atoms with Gasteiger partial charge in [-0.15, -0.1) is 0 Å². The molecule has 22 heavy (non-hydrogen) atoms. The van der Waals surface area contributed by atoms with Crippen LogP contribution in [0, 0.1) is 5.82 Å². The zero-order chi connectivity index (χ0) is 16.3.